The Hall–Kier alpha value is -2.27. The van der Waals surface area contributed by atoms with E-state index in [1.807, 2.05) is 11.0 Å². The number of benzene rings is 1. The van der Waals surface area contributed by atoms with Crippen LogP contribution in [0.1, 0.15) is 33.2 Å². The summed E-state index contributed by atoms with van der Waals surface area (Å²) < 4.78 is 10.6. The van der Waals surface area contributed by atoms with Gasteiger partial charge in [-0.25, -0.2) is 4.98 Å². The number of amides is 1. The van der Waals surface area contributed by atoms with Crippen LogP contribution in [0.4, 0.5) is 0 Å². The predicted octanol–water partition coefficient (Wildman–Crippen LogP) is 2.82. The number of aromatic nitrogens is 1. The normalized spacial score (nSPS) is 18.0. The number of halogens is 1. The van der Waals surface area contributed by atoms with Crippen LogP contribution in [-0.2, 0) is 12.8 Å². The van der Waals surface area contributed by atoms with Crippen LogP contribution < -0.4 is 9.47 Å². The Morgan fingerprint density at radius 3 is 2.75 bits per heavy atom. The SMILES string of the molecule is COc1cc2c(nc1OC)CC1c3ccccc3CCN1C2=O.Cl. The minimum Gasteiger partial charge on any atom is -0.491 e. The zero-order chi connectivity index (χ0) is 16.0. The number of methoxy groups -OCH3 is 2. The Morgan fingerprint density at radius 1 is 1.21 bits per heavy atom. The molecule has 2 aliphatic rings. The standard InChI is InChI=1S/C18H18N2O3.ClH/c1-22-16-9-13-14(19-17(16)23-2)10-15-12-6-4-3-5-11(12)7-8-20(15)18(13)21;/h3-6,9,15H,7-8,10H2,1-2H3;1H. The minimum absolute atomic E-state index is 0. The third kappa shape index (κ3) is 2.40. The summed E-state index contributed by atoms with van der Waals surface area (Å²) in [5, 5.41) is 0. The van der Waals surface area contributed by atoms with Gasteiger partial charge in [0.1, 0.15) is 0 Å². The summed E-state index contributed by atoms with van der Waals surface area (Å²) in [5.41, 5.74) is 3.96. The van der Waals surface area contributed by atoms with Crippen molar-refractivity contribution in [2.24, 2.45) is 0 Å². The number of fused-ring (bicyclic) bond motifs is 4. The number of rotatable bonds is 2. The summed E-state index contributed by atoms with van der Waals surface area (Å²) >= 11 is 0. The minimum atomic E-state index is 0. The first-order valence-electron chi connectivity index (χ1n) is 7.73. The Kier molecular flexibility index (Phi) is 4.37. The Bertz CT molecular complexity index is 794. The first kappa shape index (κ1) is 16.6. The molecule has 126 valence electrons. The van der Waals surface area contributed by atoms with Crippen LogP contribution in [0, 0.1) is 0 Å². The van der Waals surface area contributed by atoms with Crippen molar-refractivity contribution < 1.29 is 14.3 Å². The maximum absolute atomic E-state index is 12.9. The molecule has 0 spiro atoms. The van der Waals surface area contributed by atoms with Crippen LogP contribution >= 0.6 is 12.4 Å². The van der Waals surface area contributed by atoms with E-state index in [0.29, 0.717) is 23.6 Å². The molecule has 5 nitrogen and oxygen atoms in total. The average molecular weight is 347 g/mol. The zero-order valence-electron chi connectivity index (χ0n) is 13.6. The van der Waals surface area contributed by atoms with Crippen LogP contribution in [0.2, 0.25) is 0 Å². The van der Waals surface area contributed by atoms with E-state index in [9.17, 15) is 4.79 Å². The molecule has 1 aromatic carbocycles. The van der Waals surface area contributed by atoms with Gasteiger partial charge in [0.05, 0.1) is 31.5 Å². The number of carbonyl (C=O) groups excluding carboxylic acids is 1. The molecule has 0 fully saturated rings. The molecule has 0 saturated heterocycles. The van der Waals surface area contributed by atoms with E-state index >= 15 is 0 Å². The van der Waals surface area contributed by atoms with Gasteiger partial charge in [-0.15, -0.1) is 12.4 Å². The molecule has 0 radical (unpaired) electrons. The van der Waals surface area contributed by atoms with Gasteiger partial charge in [-0.1, -0.05) is 24.3 Å². The van der Waals surface area contributed by atoms with Crippen molar-refractivity contribution in [3.63, 3.8) is 0 Å². The number of pyridine rings is 1. The summed E-state index contributed by atoms with van der Waals surface area (Å²) in [5.74, 6) is 0.950. The first-order valence-corrected chi connectivity index (χ1v) is 7.73. The molecule has 1 amide bonds. The van der Waals surface area contributed by atoms with Crippen molar-refractivity contribution in [2.75, 3.05) is 20.8 Å². The molecule has 0 aliphatic carbocycles. The van der Waals surface area contributed by atoms with E-state index in [4.69, 9.17) is 9.47 Å². The molecule has 6 heteroatoms. The van der Waals surface area contributed by atoms with Gasteiger partial charge in [0.2, 0.25) is 0 Å². The summed E-state index contributed by atoms with van der Waals surface area (Å²) in [6, 6.07) is 10.2. The molecule has 2 aliphatic heterocycles. The van der Waals surface area contributed by atoms with Crippen molar-refractivity contribution in [1.29, 1.82) is 0 Å². The van der Waals surface area contributed by atoms with E-state index in [-0.39, 0.29) is 24.4 Å². The summed E-state index contributed by atoms with van der Waals surface area (Å²) in [6.45, 7) is 0.744. The third-order valence-electron chi connectivity index (χ3n) is 4.74. The van der Waals surface area contributed by atoms with Gasteiger partial charge < -0.3 is 14.4 Å². The second-order valence-corrected chi connectivity index (χ2v) is 5.86. The van der Waals surface area contributed by atoms with Gasteiger partial charge in [-0.2, -0.15) is 0 Å². The monoisotopic (exact) mass is 346 g/mol. The summed E-state index contributed by atoms with van der Waals surface area (Å²) in [7, 11) is 3.11. The van der Waals surface area contributed by atoms with Crippen molar-refractivity contribution in [3.8, 4) is 11.6 Å². The molecule has 0 N–H and O–H groups in total. The van der Waals surface area contributed by atoms with Crippen LogP contribution in [-0.4, -0.2) is 36.6 Å². The molecular formula is C18H19ClN2O3. The molecule has 1 aromatic heterocycles. The number of nitrogens with zero attached hydrogens (tertiary/aromatic N) is 2. The quantitative estimate of drug-likeness (QED) is 0.839. The molecule has 3 heterocycles. The number of carbonyl (C=O) groups is 1. The fourth-order valence-corrected chi connectivity index (χ4v) is 3.60. The summed E-state index contributed by atoms with van der Waals surface area (Å²) in [4.78, 5) is 19.4. The highest BCUT2D eigenvalue weighted by Crippen LogP contribution is 2.39. The van der Waals surface area contributed by atoms with Gasteiger partial charge in [0.25, 0.3) is 11.8 Å². The second kappa shape index (κ2) is 6.32. The lowest BCUT2D eigenvalue weighted by atomic mass is 9.85. The number of hydrogen-bond acceptors (Lipinski definition) is 4. The fraction of sp³-hybridized carbons (Fsp3) is 0.333. The van der Waals surface area contributed by atoms with Crippen LogP contribution in [0.3, 0.4) is 0 Å². The molecule has 0 saturated carbocycles. The Labute approximate surface area is 147 Å². The smallest absolute Gasteiger partial charge is 0.257 e. The van der Waals surface area contributed by atoms with Crippen molar-refractivity contribution in [2.45, 2.75) is 18.9 Å². The van der Waals surface area contributed by atoms with Crippen molar-refractivity contribution in [3.05, 3.63) is 52.7 Å². The van der Waals surface area contributed by atoms with E-state index in [1.165, 1.54) is 11.1 Å². The van der Waals surface area contributed by atoms with E-state index in [0.717, 1.165) is 18.7 Å². The molecule has 0 bridgehead atoms. The summed E-state index contributed by atoms with van der Waals surface area (Å²) in [6.07, 6.45) is 1.60. The average Bonchev–Trinajstić information content (AvgIpc) is 2.60. The molecule has 1 atom stereocenters. The lowest BCUT2D eigenvalue weighted by molar-refractivity contribution is 0.0627. The van der Waals surface area contributed by atoms with Crippen LogP contribution in [0.15, 0.2) is 30.3 Å². The maximum atomic E-state index is 12.9. The van der Waals surface area contributed by atoms with Gasteiger partial charge >= 0.3 is 0 Å². The van der Waals surface area contributed by atoms with Gasteiger partial charge in [0.15, 0.2) is 5.75 Å². The first-order chi connectivity index (χ1) is 11.2. The topological polar surface area (TPSA) is 51.7 Å². The molecule has 2 aromatic rings. The number of ether oxygens (including phenoxy) is 2. The largest absolute Gasteiger partial charge is 0.491 e. The van der Waals surface area contributed by atoms with Crippen molar-refractivity contribution in [1.82, 2.24) is 9.88 Å². The molecule has 24 heavy (non-hydrogen) atoms. The highest BCUT2D eigenvalue weighted by atomic mass is 35.5. The van der Waals surface area contributed by atoms with Crippen molar-refractivity contribution >= 4 is 18.3 Å². The van der Waals surface area contributed by atoms with Gasteiger partial charge in [0, 0.05) is 19.0 Å². The van der Waals surface area contributed by atoms with E-state index in [1.54, 1.807) is 20.3 Å². The Morgan fingerprint density at radius 2 is 2.00 bits per heavy atom. The lowest BCUT2D eigenvalue weighted by Gasteiger charge is -2.40. The lowest BCUT2D eigenvalue weighted by Crippen LogP contribution is -2.44. The highest BCUT2D eigenvalue weighted by Gasteiger charge is 2.38. The van der Waals surface area contributed by atoms with Gasteiger partial charge in [-0.3, -0.25) is 4.79 Å². The van der Waals surface area contributed by atoms with E-state index in [2.05, 4.69) is 23.2 Å². The fourth-order valence-electron chi connectivity index (χ4n) is 3.60. The number of hydrogen-bond donors (Lipinski definition) is 0. The molecule has 4 rings (SSSR count). The predicted molar refractivity (Wildman–Crippen MR) is 92.2 cm³/mol. The van der Waals surface area contributed by atoms with Gasteiger partial charge in [-0.05, 0) is 17.5 Å². The Balaban J connectivity index is 0.00000169. The highest BCUT2D eigenvalue weighted by molar-refractivity contribution is 5.97. The second-order valence-electron chi connectivity index (χ2n) is 5.86. The molecule has 1 unspecified atom stereocenters. The third-order valence-corrected chi connectivity index (χ3v) is 4.74. The van der Waals surface area contributed by atoms with Crippen LogP contribution in [0.5, 0.6) is 11.6 Å². The molecular weight excluding hydrogens is 328 g/mol. The maximum Gasteiger partial charge on any atom is 0.257 e. The van der Waals surface area contributed by atoms with Crippen LogP contribution in [0.25, 0.3) is 0 Å². The van der Waals surface area contributed by atoms with E-state index < -0.39 is 0 Å². The zero-order valence-corrected chi connectivity index (χ0v) is 14.4.